The minimum atomic E-state index is 0.105. The molecule has 1 heterocycles. The van der Waals surface area contributed by atoms with Crippen molar-refractivity contribution >= 4 is 42.6 Å². The van der Waals surface area contributed by atoms with Gasteiger partial charge in [0.2, 0.25) is 0 Å². The summed E-state index contributed by atoms with van der Waals surface area (Å²) >= 11 is 0.215. The maximum atomic E-state index is 13.3. The fourth-order valence-corrected chi connectivity index (χ4v) is 6.20. The number of hydrogen-bond acceptors (Lipinski definition) is 2. The van der Waals surface area contributed by atoms with Crippen LogP contribution in [0.25, 0.3) is 6.08 Å². The van der Waals surface area contributed by atoms with Gasteiger partial charge in [-0.15, -0.1) is 0 Å². The third-order valence-electron chi connectivity index (χ3n) is 5.51. The summed E-state index contributed by atoms with van der Waals surface area (Å²) in [5.41, 5.74) is 5.19. The zero-order chi connectivity index (χ0) is 20.7. The Labute approximate surface area is 182 Å². The maximum absolute atomic E-state index is 13.3. The Morgan fingerprint density at radius 2 is 1.40 bits per heavy atom. The van der Waals surface area contributed by atoms with Crippen LogP contribution in [0.4, 0.5) is 17.1 Å². The van der Waals surface area contributed by atoms with Crippen LogP contribution in [0.5, 0.6) is 0 Å². The first kappa shape index (κ1) is 18.8. The molecule has 0 saturated heterocycles. The Morgan fingerprint density at radius 1 is 0.833 bits per heavy atom. The summed E-state index contributed by atoms with van der Waals surface area (Å²) in [6, 6.07) is 28.7. The number of fused-ring (bicyclic) bond motifs is 1. The first-order chi connectivity index (χ1) is 14.6. The molecule has 30 heavy (non-hydrogen) atoms. The third kappa shape index (κ3) is 3.06. The van der Waals surface area contributed by atoms with Crippen LogP contribution in [-0.2, 0) is 0 Å². The van der Waals surface area contributed by atoms with Crippen molar-refractivity contribution in [2.24, 2.45) is 0 Å². The molecule has 0 unspecified atom stereocenters. The topological polar surface area (TPSA) is 23.3 Å². The van der Waals surface area contributed by atoms with Crippen LogP contribution in [0.15, 0.2) is 94.3 Å². The molecule has 0 atom stereocenters. The quantitative estimate of drug-likeness (QED) is 0.348. The van der Waals surface area contributed by atoms with Gasteiger partial charge in [-0.05, 0) is 0 Å². The molecule has 0 N–H and O–H groups in total. The van der Waals surface area contributed by atoms with E-state index >= 15 is 0 Å². The molecule has 0 amide bonds. The van der Waals surface area contributed by atoms with Crippen molar-refractivity contribution in [2.75, 3.05) is 11.9 Å². The van der Waals surface area contributed by atoms with Crippen LogP contribution < -0.4 is 24.7 Å². The van der Waals surface area contributed by atoms with Crippen molar-refractivity contribution in [3.63, 3.8) is 0 Å². The second-order valence-corrected chi connectivity index (χ2v) is 9.56. The fourth-order valence-electron chi connectivity index (χ4n) is 3.91. The van der Waals surface area contributed by atoms with E-state index in [1.165, 1.54) is 14.7 Å². The van der Waals surface area contributed by atoms with Crippen LogP contribution >= 0.6 is 0 Å². The summed E-state index contributed by atoms with van der Waals surface area (Å²) in [5, 5.41) is 0.755. The van der Waals surface area contributed by atoms with Gasteiger partial charge in [0.1, 0.15) is 0 Å². The summed E-state index contributed by atoms with van der Waals surface area (Å²) in [6.45, 7) is 2.05. The van der Waals surface area contributed by atoms with Gasteiger partial charge in [0.05, 0.1) is 0 Å². The van der Waals surface area contributed by atoms with E-state index in [0.717, 1.165) is 27.9 Å². The second-order valence-electron chi connectivity index (χ2n) is 7.33. The second kappa shape index (κ2) is 7.56. The number of rotatable bonds is 3. The predicted molar refractivity (Wildman–Crippen MR) is 126 cm³/mol. The van der Waals surface area contributed by atoms with Crippen molar-refractivity contribution in [3.8, 4) is 0 Å². The van der Waals surface area contributed by atoms with Gasteiger partial charge >= 0.3 is 182 Å². The van der Waals surface area contributed by atoms with E-state index in [1.807, 2.05) is 60.7 Å². The first-order valence-electron chi connectivity index (χ1n) is 9.90. The van der Waals surface area contributed by atoms with Gasteiger partial charge in [0.15, 0.2) is 0 Å². The molecule has 0 bridgehead atoms. The standard InChI is InChI=1S/C26H21N2OSe/c1-18-21(17-24-27(2)22-15-9-10-16-23(22)30-24)26(29)25(18)28(19-11-5-3-6-12-19)20-13-7-4-8-14-20/h3-17H,1-2H3/q+1. The SMILES string of the molecule is Cc1c(C=C2[Se]c3ccccc3N2C)c(=O)c1=[N+](c1ccccc1)c1ccccc1. The molecule has 0 aromatic heterocycles. The molecule has 0 spiro atoms. The Balaban J connectivity index is 1.66. The van der Waals surface area contributed by atoms with E-state index in [9.17, 15) is 4.79 Å². The minimum absolute atomic E-state index is 0.105. The normalized spacial score (nSPS) is 14.3. The molecule has 4 aromatic carbocycles. The van der Waals surface area contributed by atoms with Gasteiger partial charge in [-0.25, -0.2) is 0 Å². The molecule has 146 valence electrons. The summed E-state index contributed by atoms with van der Waals surface area (Å²) in [4.78, 5) is 15.6. The molecule has 0 aliphatic carbocycles. The molecule has 4 heteroatoms. The first-order valence-corrected chi connectivity index (χ1v) is 11.6. The van der Waals surface area contributed by atoms with Crippen molar-refractivity contribution in [2.45, 2.75) is 6.92 Å². The summed E-state index contributed by atoms with van der Waals surface area (Å²) in [5.74, 6) is 0. The Bertz CT molecular complexity index is 1310. The van der Waals surface area contributed by atoms with Crippen molar-refractivity contribution in [1.29, 1.82) is 0 Å². The summed E-state index contributed by atoms with van der Waals surface area (Å²) < 4.78 is 4.65. The van der Waals surface area contributed by atoms with E-state index < -0.39 is 0 Å². The number of anilines is 1. The number of hydrogen-bond donors (Lipinski definition) is 0. The van der Waals surface area contributed by atoms with Crippen LogP contribution in [0.1, 0.15) is 11.1 Å². The van der Waals surface area contributed by atoms with Gasteiger partial charge in [0.25, 0.3) is 0 Å². The molecular weight excluding hydrogens is 435 g/mol. The average molecular weight is 456 g/mol. The van der Waals surface area contributed by atoms with E-state index in [0.29, 0.717) is 0 Å². The molecule has 3 nitrogen and oxygen atoms in total. The van der Waals surface area contributed by atoms with Crippen LogP contribution in [0.3, 0.4) is 0 Å². The molecule has 5 rings (SSSR count). The number of para-hydroxylation sites is 3. The molecular formula is C26H21N2OSe+. The Kier molecular flexibility index (Phi) is 4.74. The Hall–Kier alpha value is -3.20. The van der Waals surface area contributed by atoms with Crippen molar-refractivity contribution in [3.05, 3.63) is 116 Å². The van der Waals surface area contributed by atoms with Gasteiger partial charge in [-0.2, -0.15) is 0 Å². The molecule has 0 saturated carbocycles. The zero-order valence-corrected chi connectivity index (χ0v) is 18.6. The monoisotopic (exact) mass is 457 g/mol. The molecule has 0 fully saturated rings. The van der Waals surface area contributed by atoms with E-state index in [4.69, 9.17) is 0 Å². The average Bonchev–Trinajstić information content (AvgIpc) is 3.12. The summed E-state index contributed by atoms with van der Waals surface area (Å²) in [6.07, 6.45) is 2.09. The molecule has 0 radical (unpaired) electrons. The molecule has 1 aliphatic heterocycles. The van der Waals surface area contributed by atoms with Crippen LogP contribution in [-0.4, -0.2) is 22.0 Å². The predicted octanol–water partition coefficient (Wildman–Crippen LogP) is 3.44. The summed E-state index contributed by atoms with van der Waals surface area (Å²) in [7, 11) is 2.09. The van der Waals surface area contributed by atoms with Crippen LogP contribution in [0.2, 0.25) is 0 Å². The third-order valence-corrected chi connectivity index (χ3v) is 7.96. The number of benzene rings is 3. The fraction of sp³-hybridized carbons (Fsp3) is 0.0769. The van der Waals surface area contributed by atoms with Gasteiger partial charge < -0.3 is 0 Å². The van der Waals surface area contributed by atoms with E-state index in [-0.39, 0.29) is 20.4 Å². The van der Waals surface area contributed by atoms with Gasteiger partial charge in [0, 0.05) is 0 Å². The van der Waals surface area contributed by atoms with Crippen molar-refractivity contribution < 1.29 is 0 Å². The molecule has 1 aliphatic rings. The van der Waals surface area contributed by atoms with E-state index in [1.54, 1.807) is 0 Å². The van der Waals surface area contributed by atoms with Gasteiger partial charge in [-0.1, -0.05) is 0 Å². The Morgan fingerprint density at radius 3 is 1.97 bits per heavy atom. The molecule has 4 aromatic rings. The van der Waals surface area contributed by atoms with E-state index in [2.05, 4.69) is 53.8 Å². The zero-order valence-electron chi connectivity index (χ0n) is 16.9. The van der Waals surface area contributed by atoms with Crippen molar-refractivity contribution in [1.82, 2.24) is 4.58 Å². The number of nitrogens with zero attached hydrogens (tertiary/aromatic N) is 2. The van der Waals surface area contributed by atoms with Crippen LogP contribution in [0, 0.1) is 6.92 Å². The van der Waals surface area contributed by atoms with Gasteiger partial charge in [-0.3, -0.25) is 0 Å².